The normalized spacial score (nSPS) is 19.8. The van der Waals surface area contributed by atoms with Crippen LogP contribution < -0.4 is 11.1 Å². The molecule has 1 unspecified atom stereocenters. The summed E-state index contributed by atoms with van der Waals surface area (Å²) in [7, 11) is 1.55. The maximum absolute atomic E-state index is 13.4. The summed E-state index contributed by atoms with van der Waals surface area (Å²) < 4.78 is 10.6. The third-order valence-electron chi connectivity index (χ3n) is 6.20. The molecule has 10 heteroatoms. The van der Waals surface area contributed by atoms with E-state index < -0.39 is 29.6 Å². The van der Waals surface area contributed by atoms with Crippen molar-refractivity contribution < 1.29 is 23.9 Å². The summed E-state index contributed by atoms with van der Waals surface area (Å²) in [6.07, 6.45) is -2.11. The summed E-state index contributed by atoms with van der Waals surface area (Å²) in [6, 6.07) is 6.95. The van der Waals surface area contributed by atoms with Crippen LogP contribution in [0, 0.1) is 12.3 Å². The molecule has 0 spiro atoms. The van der Waals surface area contributed by atoms with Gasteiger partial charge in [-0.05, 0) is 25.0 Å². The first-order chi connectivity index (χ1) is 16.4. The van der Waals surface area contributed by atoms with Gasteiger partial charge in [0.2, 0.25) is 5.91 Å². The van der Waals surface area contributed by atoms with E-state index in [4.69, 9.17) is 15.2 Å². The Bertz CT molecular complexity index is 1060. The molecule has 9 nitrogen and oxygen atoms in total. The SMILES string of the molecule is CO[C@@H]1C[C@@H](C(=O)N[C@@H](C)c2ccc(-c3scnc3C)cc2)N(C(=O)C(OC(N)=O)C(C)(C)C)C1. The van der Waals surface area contributed by atoms with Crippen molar-refractivity contribution in [2.75, 3.05) is 13.7 Å². The van der Waals surface area contributed by atoms with Crippen LogP contribution >= 0.6 is 11.3 Å². The van der Waals surface area contributed by atoms with Crippen LogP contribution in [0.25, 0.3) is 10.4 Å². The highest BCUT2D eigenvalue weighted by atomic mass is 32.1. The quantitative estimate of drug-likeness (QED) is 0.598. The molecule has 1 aromatic carbocycles. The highest BCUT2D eigenvalue weighted by molar-refractivity contribution is 7.13. The Morgan fingerprint density at radius 2 is 1.89 bits per heavy atom. The first-order valence-electron chi connectivity index (χ1n) is 11.5. The molecule has 0 saturated carbocycles. The van der Waals surface area contributed by atoms with Crippen LogP contribution in [-0.2, 0) is 19.1 Å². The zero-order valence-corrected chi connectivity index (χ0v) is 21.8. The number of hydrogen-bond acceptors (Lipinski definition) is 7. The largest absolute Gasteiger partial charge is 0.436 e. The maximum Gasteiger partial charge on any atom is 0.405 e. The van der Waals surface area contributed by atoms with Crippen molar-refractivity contribution in [2.45, 2.75) is 65.3 Å². The molecule has 0 bridgehead atoms. The lowest BCUT2D eigenvalue weighted by Crippen LogP contribution is -2.53. The fourth-order valence-electron chi connectivity index (χ4n) is 4.22. The number of benzene rings is 1. The van der Waals surface area contributed by atoms with E-state index in [1.807, 2.05) is 43.6 Å². The molecule has 35 heavy (non-hydrogen) atoms. The zero-order valence-electron chi connectivity index (χ0n) is 21.0. The smallest absolute Gasteiger partial charge is 0.405 e. The Kier molecular flexibility index (Phi) is 8.17. The van der Waals surface area contributed by atoms with E-state index in [9.17, 15) is 14.4 Å². The molecule has 1 aromatic heterocycles. The standard InChI is InChI=1S/C25H34N4O5S/c1-14(16-7-9-17(10-8-16)20-15(2)27-13-35-20)28-22(30)19-11-18(33-6)12-29(19)23(31)21(25(3,4)5)34-24(26)32/h7-10,13-14,18-19,21H,11-12H2,1-6H3,(H2,26,32)(H,28,30)/t14-,18+,19-,21?/m0/s1. The van der Waals surface area contributed by atoms with Crippen molar-refractivity contribution in [3.8, 4) is 10.4 Å². The number of aryl methyl sites for hydroxylation is 1. The predicted octanol–water partition coefficient (Wildman–Crippen LogP) is 3.42. The van der Waals surface area contributed by atoms with E-state index in [1.54, 1.807) is 39.2 Å². The van der Waals surface area contributed by atoms with Gasteiger partial charge in [-0.1, -0.05) is 45.0 Å². The van der Waals surface area contributed by atoms with Gasteiger partial charge in [0.15, 0.2) is 6.10 Å². The first kappa shape index (κ1) is 26.6. The maximum atomic E-state index is 13.4. The fraction of sp³-hybridized carbons (Fsp3) is 0.520. The molecular weight excluding hydrogens is 468 g/mol. The number of thiazole rings is 1. The molecular formula is C25H34N4O5S. The number of rotatable bonds is 7. The van der Waals surface area contributed by atoms with Crippen molar-refractivity contribution in [3.63, 3.8) is 0 Å². The minimum Gasteiger partial charge on any atom is -0.436 e. The molecule has 1 aliphatic rings. The number of carbonyl (C=O) groups is 3. The van der Waals surface area contributed by atoms with E-state index in [0.717, 1.165) is 21.7 Å². The number of likely N-dealkylation sites (tertiary alicyclic amines) is 1. The third kappa shape index (κ3) is 6.18. The van der Waals surface area contributed by atoms with Gasteiger partial charge in [-0.25, -0.2) is 9.78 Å². The minimum atomic E-state index is -1.12. The van der Waals surface area contributed by atoms with Crippen molar-refractivity contribution in [2.24, 2.45) is 11.1 Å². The number of amides is 3. The molecule has 1 fully saturated rings. The summed E-state index contributed by atoms with van der Waals surface area (Å²) >= 11 is 1.59. The number of primary amides is 1. The third-order valence-corrected chi connectivity index (χ3v) is 7.18. The highest BCUT2D eigenvalue weighted by Crippen LogP contribution is 2.30. The van der Waals surface area contributed by atoms with Gasteiger partial charge in [0, 0.05) is 25.5 Å². The lowest BCUT2D eigenvalue weighted by atomic mass is 9.88. The molecule has 3 amide bonds. The average Bonchev–Trinajstić information content (AvgIpc) is 3.42. The van der Waals surface area contributed by atoms with E-state index >= 15 is 0 Å². The first-order valence-corrected chi connectivity index (χ1v) is 12.4. The summed E-state index contributed by atoms with van der Waals surface area (Å²) in [6.45, 7) is 9.42. The molecule has 1 aliphatic heterocycles. The van der Waals surface area contributed by atoms with Crippen LogP contribution in [-0.4, -0.2) is 59.7 Å². The van der Waals surface area contributed by atoms with Crippen LogP contribution in [0.2, 0.25) is 0 Å². The minimum absolute atomic E-state index is 0.222. The van der Waals surface area contributed by atoms with Gasteiger partial charge >= 0.3 is 6.09 Å². The summed E-state index contributed by atoms with van der Waals surface area (Å²) in [5, 5.41) is 3.02. The fourth-order valence-corrected chi connectivity index (χ4v) is 5.03. The van der Waals surface area contributed by atoms with Gasteiger partial charge in [0.25, 0.3) is 5.91 Å². The molecule has 3 rings (SSSR count). The van der Waals surface area contributed by atoms with Gasteiger partial charge < -0.3 is 25.4 Å². The van der Waals surface area contributed by atoms with Crippen molar-refractivity contribution in [1.29, 1.82) is 0 Å². The summed E-state index contributed by atoms with van der Waals surface area (Å²) in [4.78, 5) is 45.0. The van der Waals surface area contributed by atoms with Crippen LogP contribution in [0.1, 0.15) is 51.4 Å². The number of hydrogen-bond donors (Lipinski definition) is 2. The van der Waals surface area contributed by atoms with Gasteiger partial charge in [0.1, 0.15) is 6.04 Å². The second kappa shape index (κ2) is 10.7. The highest BCUT2D eigenvalue weighted by Gasteiger charge is 2.46. The predicted molar refractivity (Wildman–Crippen MR) is 134 cm³/mol. The molecule has 0 radical (unpaired) electrons. The summed E-state index contributed by atoms with van der Waals surface area (Å²) in [5.41, 5.74) is 9.33. The number of carbonyl (C=O) groups excluding carboxylic acids is 3. The molecule has 2 heterocycles. The van der Waals surface area contributed by atoms with Gasteiger partial charge in [0.05, 0.1) is 28.2 Å². The second-order valence-electron chi connectivity index (χ2n) is 9.90. The van der Waals surface area contributed by atoms with Crippen LogP contribution in [0.5, 0.6) is 0 Å². The number of ether oxygens (including phenoxy) is 2. The Labute approximate surface area is 210 Å². The monoisotopic (exact) mass is 502 g/mol. The lowest BCUT2D eigenvalue weighted by molar-refractivity contribution is -0.150. The topological polar surface area (TPSA) is 124 Å². The number of nitrogens with zero attached hydrogens (tertiary/aromatic N) is 2. The molecule has 1 saturated heterocycles. The number of nitrogens with two attached hydrogens (primary N) is 1. The van der Waals surface area contributed by atoms with Crippen molar-refractivity contribution in [3.05, 3.63) is 41.0 Å². The number of nitrogens with one attached hydrogen (secondary N) is 1. The second-order valence-corrected chi connectivity index (χ2v) is 10.8. The molecule has 3 N–H and O–H groups in total. The Morgan fingerprint density at radius 3 is 2.40 bits per heavy atom. The molecule has 0 aliphatic carbocycles. The Hall–Kier alpha value is -2.98. The van der Waals surface area contributed by atoms with Crippen molar-refractivity contribution >= 4 is 29.2 Å². The van der Waals surface area contributed by atoms with Crippen LogP contribution in [0.3, 0.4) is 0 Å². The van der Waals surface area contributed by atoms with Crippen LogP contribution in [0.4, 0.5) is 4.79 Å². The van der Waals surface area contributed by atoms with Crippen LogP contribution in [0.15, 0.2) is 29.8 Å². The van der Waals surface area contributed by atoms with E-state index in [0.29, 0.717) is 6.42 Å². The molecule has 2 aromatic rings. The summed E-state index contributed by atoms with van der Waals surface area (Å²) in [5.74, 6) is -0.757. The number of methoxy groups -OCH3 is 1. The van der Waals surface area contributed by atoms with Gasteiger partial charge in [-0.2, -0.15) is 0 Å². The Balaban J connectivity index is 1.75. The van der Waals surface area contributed by atoms with Gasteiger partial charge in [-0.3, -0.25) is 9.59 Å². The Morgan fingerprint density at radius 1 is 1.23 bits per heavy atom. The van der Waals surface area contributed by atoms with Crippen molar-refractivity contribution in [1.82, 2.24) is 15.2 Å². The molecule has 4 atom stereocenters. The average molecular weight is 503 g/mol. The zero-order chi connectivity index (χ0) is 25.9. The van der Waals surface area contributed by atoms with Gasteiger partial charge in [-0.15, -0.1) is 11.3 Å². The lowest BCUT2D eigenvalue weighted by Gasteiger charge is -2.34. The van der Waals surface area contributed by atoms with E-state index in [1.165, 1.54) is 4.90 Å². The molecule has 190 valence electrons. The van der Waals surface area contributed by atoms with E-state index in [2.05, 4.69) is 10.3 Å². The van der Waals surface area contributed by atoms with E-state index in [-0.39, 0.29) is 24.6 Å². The number of aromatic nitrogens is 1.